The molecule has 0 spiro atoms. The molecule has 0 saturated carbocycles. The van der Waals surface area contributed by atoms with Crippen LogP contribution in [-0.4, -0.2) is 90.3 Å². The van der Waals surface area contributed by atoms with Crippen LogP contribution in [0.5, 0.6) is 0 Å². The van der Waals surface area contributed by atoms with Crippen LogP contribution < -0.4 is 15.5 Å². The Morgan fingerprint density at radius 2 is 1.55 bits per heavy atom. The molecule has 0 radical (unpaired) electrons. The Balaban J connectivity index is 1.34. The second kappa shape index (κ2) is 12.1. The number of benzene rings is 2. The van der Waals surface area contributed by atoms with E-state index in [2.05, 4.69) is 15.5 Å². The lowest BCUT2D eigenvalue weighted by atomic mass is 10.1. The smallest absolute Gasteiger partial charge is 0.322 e. The second-order valence-corrected chi connectivity index (χ2v) is 10.4. The Morgan fingerprint density at radius 3 is 2.18 bits per heavy atom. The molecule has 4 atom stereocenters. The van der Waals surface area contributed by atoms with E-state index < -0.39 is 24.1 Å². The number of aliphatic hydroxyl groups excluding tert-OH is 1. The van der Waals surface area contributed by atoms with Gasteiger partial charge in [0.05, 0.1) is 24.9 Å². The summed E-state index contributed by atoms with van der Waals surface area (Å²) < 4.78 is 5.74. The third-order valence-corrected chi connectivity index (χ3v) is 6.94. The number of hydrogen-bond acceptors (Lipinski definition) is 6. The molecule has 0 aromatic heterocycles. The van der Waals surface area contributed by atoms with E-state index in [4.69, 9.17) is 16.3 Å². The molecule has 2 saturated heterocycles. The average Bonchev–Trinajstić information content (AvgIpc) is 3.27. The molecule has 3 N–H and O–H groups in total. The molecule has 2 fully saturated rings. The highest BCUT2D eigenvalue weighted by Gasteiger charge is 2.39. The number of rotatable bonds is 6. The number of amides is 4. The zero-order valence-corrected chi connectivity index (χ0v) is 22.5. The number of halogens is 1. The molecule has 2 unspecified atom stereocenters. The van der Waals surface area contributed by atoms with Crippen LogP contribution in [0.1, 0.15) is 20.3 Å². The van der Waals surface area contributed by atoms with E-state index in [9.17, 15) is 19.5 Å². The summed E-state index contributed by atoms with van der Waals surface area (Å²) in [7, 11) is 1.72. The van der Waals surface area contributed by atoms with Crippen molar-refractivity contribution < 1.29 is 24.2 Å². The van der Waals surface area contributed by atoms with E-state index in [0.717, 1.165) is 0 Å². The van der Waals surface area contributed by atoms with Crippen molar-refractivity contribution in [3.05, 3.63) is 53.6 Å². The number of anilines is 3. The van der Waals surface area contributed by atoms with Crippen LogP contribution in [0.4, 0.5) is 21.9 Å². The minimum atomic E-state index is -0.834. The molecule has 2 aromatic rings. The largest absolute Gasteiger partial charge is 0.391 e. The maximum absolute atomic E-state index is 13.0. The molecule has 2 aromatic carbocycles. The Labute approximate surface area is 227 Å². The number of carbonyl (C=O) groups is 3. The maximum atomic E-state index is 13.0. The first-order valence-electron chi connectivity index (χ1n) is 12.7. The Morgan fingerprint density at radius 1 is 0.974 bits per heavy atom. The highest BCUT2D eigenvalue weighted by Crippen LogP contribution is 2.23. The molecular formula is C27H34ClN5O5. The summed E-state index contributed by atoms with van der Waals surface area (Å²) in [6, 6.07) is 12.2. The Bertz CT molecular complexity index is 1140. The third-order valence-electron chi connectivity index (χ3n) is 6.69. The molecule has 2 aliphatic rings. The van der Waals surface area contributed by atoms with Crippen molar-refractivity contribution in [1.82, 2.24) is 9.80 Å². The number of nitrogens with zero attached hydrogens (tertiary/aromatic N) is 3. The zero-order chi connectivity index (χ0) is 27.4. The Hall–Kier alpha value is -3.18. The molecular weight excluding hydrogens is 510 g/mol. The van der Waals surface area contributed by atoms with Gasteiger partial charge in [-0.1, -0.05) is 11.6 Å². The van der Waals surface area contributed by atoms with Crippen molar-refractivity contribution in [2.24, 2.45) is 0 Å². The molecule has 0 aliphatic carbocycles. The van der Waals surface area contributed by atoms with Gasteiger partial charge < -0.3 is 30.3 Å². The first-order valence-corrected chi connectivity index (χ1v) is 13.0. The molecule has 2 heterocycles. The molecule has 11 heteroatoms. The van der Waals surface area contributed by atoms with Gasteiger partial charge in [0.2, 0.25) is 11.8 Å². The molecule has 10 nitrogen and oxygen atoms in total. The number of urea groups is 1. The van der Waals surface area contributed by atoms with Crippen LogP contribution in [0.2, 0.25) is 5.02 Å². The topological polar surface area (TPSA) is 114 Å². The highest BCUT2D eigenvalue weighted by atomic mass is 35.5. The van der Waals surface area contributed by atoms with E-state index >= 15 is 0 Å². The number of nitrogens with one attached hydrogen (secondary N) is 2. The van der Waals surface area contributed by atoms with Crippen LogP contribution in [0.3, 0.4) is 0 Å². The monoisotopic (exact) mass is 543 g/mol. The number of morpholine rings is 1. The van der Waals surface area contributed by atoms with E-state index in [-0.39, 0.29) is 31.1 Å². The number of likely N-dealkylation sites (N-methyl/N-ethyl adjacent to an activating group) is 1. The molecule has 2 aliphatic heterocycles. The summed E-state index contributed by atoms with van der Waals surface area (Å²) in [4.78, 5) is 43.7. The quantitative estimate of drug-likeness (QED) is 0.516. The molecule has 0 bridgehead atoms. The molecule has 204 valence electrons. The fourth-order valence-electron chi connectivity index (χ4n) is 4.86. The Kier molecular flexibility index (Phi) is 8.88. The van der Waals surface area contributed by atoms with Gasteiger partial charge in [0.15, 0.2) is 0 Å². The minimum absolute atomic E-state index is 0.0367. The minimum Gasteiger partial charge on any atom is -0.391 e. The van der Waals surface area contributed by atoms with Crippen molar-refractivity contribution >= 4 is 46.5 Å². The lowest BCUT2D eigenvalue weighted by Gasteiger charge is -2.35. The summed E-state index contributed by atoms with van der Waals surface area (Å²) in [5, 5.41) is 16.3. The summed E-state index contributed by atoms with van der Waals surface area (Å²) >= 11 is 5.89. The van der Waals surface area contributed by atoms with E-state index in [1.807, 2.05) is 13.8 Å². The van der Waals surface area contributed by atoms with Crippen molar-refractivity contribution in [3.63, 3.8) is 0 Å². The number of likely N-dealkylation sites (tertiary alicyclic amines) is 1. The predicted molar refractivity (Wildman–Crippen MR) is 147 cm³/mol. The van der Waals surface area contributed by atoms with Gasteiger partial charge in [0.25, 0.3) is 0 Å². The molecule has 38 heavy (non-hydrogen) atoms. The number of aliphatic hydroxyl groups is 1. The molecule has 4 amide bonds. The van der Waals surface area contributed by atoms with Crippen LogP contribution >= 0.6 is 11.6 Å². The molecule has 4 rings (SSSR count). The average molecular weight is 544 g/mol. The number of carbonyl (C=O) groups excluding carboxylic acids is 3. The standard InChI is InChI=1S/C27H34ClN5O5/c1-17-13-32(14-18(2)38-17)16-25(35)31(3)22-10-8-20(9-11-22)29-26(36)24-12-23(34)15-33(24)27(37)30-21-6-4-19(28)5-7-21/h4-11,17-18,23-24,34H,12-16H2,1-3H3,(H,29,36)(H,30,37)/t17?,18?,23-,24-/m1/s1. The highest BCUT2D eigenvalue weighted by molar-refractivity contribution is 6.30. The second-order valence-electron chi connectivity index (χ2n) is 9.94. The summed E-state index contributed by atoms with van der Waals surface area (Å²) in [5.74, 6) is -0.439. The van der Waals surface area contributed by atoms with Crippen LogP contribution in [0.25, 0.3) is 0 Å². The van der Waals surface area contributed by atoms with Crippen LogP contribution in [0.15, 0.2) is 48.5 Å². The van der Waals surface area contributed by atoms with Gasteiger partial charge in [0.1, 0.15) is 6.04 Å². The van der Waals surface area contributed by atoms with Crippen LogP contribution in [0, 0.1) is 0 Å². The summed E-state index contributed by atoms with van der Waals surface area (Å²) in [6.45, 7) is 5.76. The normalized spacial score (nSPS) is 23.7. The van der Waals surface area contributed by atoms with Gasteiger partial charge in [-0.2, -0.15) is 0 Å². The first-order chi connectivity index (χ1) is 18.1. The van der Waals surface area contributed by atoms with Crippen molar-refractivity contribution in [2.75, 3.05) is 48.8 Å². The van der Waals surface area contributed by atoms with Gasteiger partial charge in [0, 0.05) is 55.2 Å². The maximum Gasteiger partial charge on any atom is 0.322 e. The van der Waals surface area contributed by atoms with Crippen LogP contribution in [-0.2, 0) is 14.3 Å². The number of ether oxygens (including phenoxy) is 1. The van der Waals surface area contributed by atoms with Gasteiger partial charge in [-0.15, -0.1) is 0 Å². The SMILES string of the molecule is CC1CN(CC(=O)N(C)c2ccc(NC(=O)[C@H]3C[C@@H](O)CN3C(=O)Nc3ccc(Cl)cc3)cc2)CC(C)O1. The third kappa shape index (κ3) is 7.02. The van der Waals surface area contributed by atoms with E-state index in [1.165, 1.54) is 4.90 Å². The van der Waals surface area contributed by atoms with Gasteiger partial charge >= 0.3 is 6.03 Å². The van der Waals surface area contributed by atoms with Gasteiger partial charge in [-0.05, 0) is 62.4 Å². The van der Waals surface area contributed by atoms with E-state index in [0.29, 0.717) is 41.7 Å². The lowest BCUT2D eigenvalue weighted by molar-refractivity contribution is -0.123. The lowest BCUT2D eigenvalue weighted by Crippen LogP contribution is -2.49. The fourth-order valence-corrected chi connectivity index (χ4v) is 4.99. The van der Waals surface area contributed by atoms with Crippen molar-refractivity contribution in [1.29, 1.82) is 0 Å². The van der Waals surface area contributed by atoms with Crippen molar-refractivity contribution in [2.45, 2.75) is 44.6 Å². The van der Waals surface area contributed by atoms with Gasteiger partial charge in [-0.3, -0.25) is 14.5 Å². The first kappa shape index (κ1) is 27.8. The zero-order valence-electron chi connectivity index (χ0n) is 21.8. The number of hydrogen-bond donors (Lipinski definition) is 3. The summed E-state index contributed by atoms with van der Waals surface area (Å²) in [6.07, 6.45) is -0.505. The number of β-amino-alcohol motifs (C(OH)–C–C–N with tert-alkyl or cyclic N) is 1. The van der Waals surface area contributed by atoms with Gasteiger partial charge in [-0.25, -0.2) is 4.79 Å². The van der Waals surface area contributed by atoms with E-state index in [1.54, 1.807) is 60.5 Å². The predicted octanol–water partition coefficient (Wildman–Crippen LogP) is 3.02. The van der Waals surface area contributed by atoms with Crippen molar-refractivity contribution in [3.8, 4) is 0 Å². The fraction of sp³-hybridized carbons (Fsp3) is 0.444. The summed E-state index contributed by atoms with van der Waals surface area (Å²) in [5.41, 5.74) is 1.75.